The van der Waals surface area contributed by atoms with E-state index in [1.165, 1.54) is 38.1 Å². The van der Waals surface area contributed by atoms with Crippen LogP contribution in [0.3, 0.4) is 0 Å². The van der Waals surface area contributed by atoms with Gasteiger partial charge in [-0.25, -0.2) is 9.97 Å². The van der Waals surface area contributed by atoms with Crippen LogP contribution in [0.15, 0.2) is 152 Å². The van der Waals surface area contributed by atoms with Crippen molar-refractivity contribution in [3.8, 4) is 34.0 Å². The van der Waals surface area contributed by atoms with Crippen LogP contribution >= 0.6 is 0 Å². The average Bonchev–Trinajstić information content (AvgIpc) is 3.67. The van der Waals surface area contributed by atoms with Gasteiger partial charge in [-0.1, -0.05) is 115 Å². The van der Waals surface area contributed by atoms with Crippen molar-refractivity contribution < 1.29 is 0 Å². The Morgan fingerprint density at radius 2 is 1.08 bits per heavy atom. The van der Waals surface area contributed by atoms with Crippen LogP contribution in [-0.4, -0.2) is 19.1 Å². The summed E-state index contributed by atoms with van der Waals surface area (Å²) in [6, 6.07) is 52.1. The number of rotatable bonds is 4. The first-order valence-corrected chi connectivity index (χ1v) is 16.6. The van der Waals surface area contributed by atoms with Crippen molar-refractivity contribution >= 4 is 49.7 Å². The van der Waals surface area contributed by atoms with Gasteiger partial charge in [0.1, 0.15) is 0 Å². The largest absolute Gasteiger partial charge is 0.309 e. The van der Waals surface area contributed by atoms with Gasteiger partial charge in [0.05, 0.1) is 33.5 Å². The Hall–Kier alpha value is -6.26. The summed E-state index contributed by atoms with van der Waals surface area (Å²) < 4.78 is 4.63. The van der Waals surface area contributed by atoms with Crippen LogP contribution in [0.5, 0.6) is 0 Å². The summed E-state index contributed by atoms with van der Waals surface area (Å²) in [5.41, 5.74) is 12.4. The predicted molar refractivity (Wildman–Crippen MR) is 199 cm³/mol. The molecule has 0 radical (unpaired) electrons. The Kier molecular flexibility index (Phi) is 5.97. The van der Waals surface area contributed by atoms with Gasteiger partial charge < -0.3 is 4.57 Å². The molecule has 226 valence electrons. The molecule has 1 aliphatic carbocycles. The lowest BCUT2D eigenvalue weighted by Crippen LogP contribution is -2.09. The van der Waals surface area contributed by atoms with Gasteiger partial charge in [0.25, 0.3) is 0 Å². The minimum absolute atomic E-state index is 0.715. The fraction of sp³-hybridized carbons (Fsp3) is 0.0455. The number of hydrogen-bond donors (Lipinski definition) is 0. The normalized spacial score (nSPS) is 12.8. The van der Waals surface area contributed by atoms with Crippen LogP contribution < -0.4 is 0 Å². The van der Waals surface area contributed by atoms with E-state index in [0.717, 1.165) is 57.6 Å². The Balaban J connectivity index is 1.20. The summed E-state index contributed by atoms with van der Waals surface area (Å²) in [5.74, 6) is 0.715. The lowest BCUT2D eigenvalue weighted by atomic mass is 9.98. The van der Waals surface area contributed by atoms with E-state index in [1.807, 2.05) is 0 Å². The molecule has 3 aromatic heterocycles. The Bertz CT molecular complexity index is 2710. The molecule has 0 N–H and O–H groups in total. The molecule has 0 unspecified atom stereocenters. The Morgan fingerprint density at radius 1 is 0.458 bits per heavy atom. The molecule has 0 spiro atoms. The van der Waals surface area contributed by atoms with E-state index >= 15 is 0 Å². The van der Waals surface area contributed by atoms with Gasteiger partial charge in [-0.05, 0) is 66.4 Å². The fourth-order valence-electron chi connectivity index (χ4n) is 7.58. The molecule has 9 aromatic rings. The molecular formula is C44H30N4. The highest BCUT2D eigenvalue weighted by Gasteiger charge is 2.21. The molecule has 1 aliphatic rings. The lowest BCUT2D eigenvalue weighted by Gasteiger charge is -2.17. The minimum Gasteiger partial charge on any atom is -0.309 e. The molecule has 3 heterocycles. The summed E-state index contributed by atoms with van der Waals surface area (Å²) in [4.78, 5) is 10.6. The van der Waals surface area contributed by atoms with Crippen LogP contribution in [0.2, 0.25) is 0 Å². The van der Waals surface area contributed by atoms with Crippen molar-refractivity contribution in [2.45, 2.75) is 12.8 Å². The van der Waals surface area contributed by atoms with Crippen LogP contribution in [0.25, 0.3) is 83.7 Å². The summed E-state index contributed by atoms with van der Waals surface area (Å²) >= 11 is 0. The summed E-state index contributed by atoms with van der Waals surface area (Å²) in [6.07, 6.45) is 6.32. The molecule has 0 bridgehead atoms. The first kappa shape index (κ1) is 26.9. The summed E-state index contributed by atoms with van der Waals surface area (Å²) in [5, 5.41) is 4.88. The van der Waals surface area contributed by atoms with Gasteiger partial charge in [-0.3, -0.25) is 4.57 Å². The van der Waals surface area contributed by atoms with E-state index < -0.39 is 0 Å². The van der Waals surface area contributed by atoms with Crippen molar-refractivity contribution in [3.63, 3.8) is 0 Å². The maximum Gasteiger partial charge on any atom is 0.235 e. The molecule has 0 saturated heterocycles. The number of allylic oxidation sites excluding steroid dienone is 1. The summed E-state index contributed by atoms with van der Waals surface area (Å²) in [7, 11) is 0. The number of nitrogens with zero attached hydrogens (tertiary/aromatic N) is 4. The zero-order valence-corrected chi connectivity index (χ0v) is 26.2. The monoisotopic (exact) mass is 614 g/mol. The van der Waals surface area contributed by atoms with E-state index in [1.54, 1.807) is 0 Å². The molecule has 48 heavy (non-hydrogen) atoms. The van der Waals surface area contributed by atoms with Crippen molar-refractivity contribution in [1.82, 2.24) is 19.1 Å². The topological polar surface area (TPSA) is 35.6 Å². The second-order valence-electron chi connectivity index (χ2n) is 12.5. The fourth-order valence-corrected chi connectivity index (χ4v) is 7.58. The average molecular weight is 615 g/mol. The Labute approximate surface area is 277 Å². The number of para-hydroxylation sites is 3. The van der Waals surface area contributed by atoms with E-state index in [4.69, 9.17) is 9.97 Å². The maximum absolute atomic E-state index is 5.31. The molecule has 4 heteroatoms. The highest BCUT2D eigenvalue weighted by Crippen LogP contribution is 2.38. The predicted octanol–water partition coefficient (Wildman–Crippen LogP) is 11.0. The molecule has 0 fully saturated rings. The smallest absolute Gasteiger partial charge is 0.235 e. The zero-order chi connectivity index (χ0) is 31.6. The SMILES string of the molecule is C1=Cc2c(nc(-n3c4ccccc4c4ccc(-c5ccc6c(c5)c5ccccc5n6-c5ccccc5)cc43)nc2-c2ccccc2)CC1. The molecule has 0 aliphatic heterocycles. The van der Waals surface area contributed by atoms with Gasteiger partial charge in [0.15, 0.2) is 0 Å². The van der Waals surface area contributed by atoms with Crippen molar-refractivity contribution in [2.75, 3.05) is 0 Å². The second-order valence-corrected chi connectivity index (χ2v) is 12.5. The zero-order valence-electron chi connectivity index (χ0n) is 26.2. The maximum atomic E-state index is 5.31. The number of aryl methyl sites for hydroxylation is 1. The van der Waals surface area contributed by atoms with Crippen LogP contribution in [0, 0.1) is 0 Å². The van der Waals surface area contributed by atoms with Crippen molar-refractivity contribution in [1.29, 1.82) is 0 Å². The Morgan fingerprint density at radius 3 is 1.90 bits per heavy atom. The number of hydrogen-bond acceptors (Lipinski definition) is 2. The van der Waals surface area contributed by atoms with Crippen molar-refractivity contribution in [2.24, 2.45) is 0 Å². The van der Waals surface area contributed by atoms with E-state index in [2.05, 4.69) is 167 Å². The van der Waals surface area contributed by atoms with Crippen molar-refractivity contribution in [3.05, 3.63) is 163 Å². The third-order valence-corrected chi connectivity index (χ3v) is 9.79. The molecule has 0 amide bonds. The van der Waals surface area contributed by atoms with Crippen LogP contribution in [-0.2, 0) is 6.42 Å². The quantitative estimate of drug-likeness (QED) is 0.198. The third-order valence-electron chi connectivity index (χ3n) is 9.79. The first-order chi connectivity index (χ1) is 23.8. The molecule has 10 rings (SSSR count). The van der Waals surface area contributed by atoms with E-state index in [9.17, 15) is 0 Å². The second kappa shape index (κ2) is 10.6. The van der Waals surface area contributed by atoms with Gasteiger partial charge >= 0.3 is 0 Å². The number of fused-ring (bicyclic) bond motifs is 7. The number of aromatic nitrogens is 4. The first-order valence-electron chi connectivity index (χ1n) is 16.6. The molecule has 0 saturated carbocycles. The highest BCUT2D eigenvalue weighted by atomic mass is 15.2. The molecule has 4 nitrogen and oxygen atoms in total. The van der Waals surface area contributed by atoms with E-state index in [0.29, 0.717) is 5.95 Å². The van der Waals surface area contributed by atoms with Gasteiger partial charge in [0, 0.05) is 38.4 Å². The molecular weight excluding hydrogens is 585 g/mol. The molecule has 6 aromatic carbocycles. The lowest BCUT2D eigenvalue weighted by molar-refractivity contribution is 0.877. The third kappa shape index (κ3) is 4.09. The van der Waals surface area contributed by atoms with Gasteiger partial charge in [0.2, 0.25) is 5.95 Å². The standard InChI is InChI=1S/C44H30N4/c1-3-13-29(14-4-1)43-36-19-7-10-20-38(36)45-44(46-43)48-40-22-12-8-17-33(40)35-25-23-31(28-42(35)48)30-24-26-41-37(27-30)34-18-9-11-21-39(34)47(41)32-15-5-2-6-16-32/h1-9,11-19,21-28H,10,20H2. The highest BCUT2D eigenvalue weighted by molar-refractivity contribution is 6.12. The van der Waals surface area contributed by atoms with Gasteiger partial charge in [-0.15, -0.1) is 0 Å². The minimum atomic E-state index is 0.715. The number of benzene rings is 6. The summed E-state index contributed by atoms with van der Waals surface area (Å²) in [6.45, 7) is 0. The van der Waals surface area contributed by atoms with E-state index in [-0.39, 0.29) is 0 Å². The van der Waals surface area contributed by atoms with Crippen LogP contribution in [0.1, 0.15) is 17.7 Å². The van der Waals surface area contributed by atoms with Gasteiger partial charge in [-0.2, -0.15) is 0 Å². The molecule has 0 atom stereocenters. The van der Waals surface area contributed by atoms with Crippen LogP contribution in [0.4, 0.5) is 0 Å².